The summed E-state index contributed by atoms with van der Waals surface area (Å²) in [5.74, 6) is 1.05. The summed E-state index contributed by atoms with van der Waals surface area (Å²) in [6.07, 6.45) is 4.68. The summed E-state index contributed by atoms with van der Waals surface area (Å²) >= 11 is 0. The van der Waals surface area contributed by atoms with Gasteiger partial charge in [-0.3, -0.25) is 0 Å². The van der Waals surface area contributed by atoms with Crippen LogP contribution in [-0.4, -0.2) is 12.5 Å². The van der Waals surface area contributed by atoms with Gasteiger partial charge in [0.25, 0.3) is 0 Å². The lowest BCUT2D eigenvalue weighted by Gasteiger charge is -2.47. The smallest absolute Gasteiger partial charge is 0.324 e. The second-order valence-electron chi connectivity index (χ2n) is 10.0. The molecule has 0 fully saturated rings. The van der Waals surface area contributed by atoms with Gasteiger partial charge in [0.1, 0.15) is 0 Å². The maximum atomic E-state index is 6.74. The fraction of sp³-hybridized carbons (Fsp3) is 0.692. The van der Waals surface area contributed by atoms with E-state index in [0.29, 0.717) is 11.8 Å². The average molecular weight is 384 g/mol. The molecule has 158 valence electrons. The highest BCUT2D eigenvalue weighted by molar-refractivity contribution is 6.67. The van der Waals surface area contributed by atoms with E-state index in [1.54, 1.807) is 0 Å². The van der Waals surface area contributed by atoms with Crippen LogP contribution in [0.25, 0.3) is 0 Å². The van der Waals surface area contributed by atoms with E-state index in [1.165, 1.54) is 34.1 Å². The molecule has 0 bridgehead atoms. The van der Waals surface area contributed by atoms with Gasteiger partial charge in [-0.25, -0.2) is 0 Å². The van der Waals surface area contributed by atoms with Crippen molar-refractivity contribution in [2.45, 2.75) is 107 Å². The van der Waals surface area contributed by atoms with Crippen LogP contribution in [0.3, 0.4) is 0 Å². The van der Waals surface area contributed by atoms with Crippen molar-refractivity contribution in [2.75, 3.05) is 0 Å². The Morgan fingerprint density at radius 3 is 2.00 bits per heavy atom. The molecule has 0 N–H and O–H groups in total. The van der Waals surface area contributed by atoms with Gasteiger partial charge >= 0.3 is 6.92 Å². The van der Waals surface area contributed by atoms with Crippen LogP contribution in [0.5, 0.6) is 0 Å². The molecule has 0 saturated carbocycles. The molecule has 2 unspecified atom stereocenters. The number of hydrogen-bond donors (Lipinski definition) is 0. The highest BCUT2D eigenvalue weighted by Crippen LogP contribution is 2.42. The Balaban J connectivity index is 3.17. The normalized spacial score (nSPS) is 15.5. The number of aryl methyl sites for hydroxylation is 2. The minimum Gasteiger partial charge on any atom is -0.426 e. The minimum atomic E-state index is -0.201. The van der Waals surface area contributed by atoms with Gasteiger partial charge in [0.05, 0.1) is 5.60 Å². The van der Waals surface area contributed by atoms with Crippen LogP contribution in [0, 0.1) is 25.2 Å². The molecule has 0 spiro atoms. The molecular weight excluding hydrogens is 339 g/mol. The van der Waals surface area contributed by atoms with Crippen molar-refractivity contribution in [2.24, 2.45) is 11.3 Å². The largest absolute Gasteiger partial charge is 0.426 e. The van der Waals surface area contributed by atoms with Crippen LogP contribution in [0.15, 0.2) is 23.8 Å². The lowest BCUT2D eigenvalue weighted by Crippen LogP contribution is -2.51. The topological polar surface area (TPSA) is 9.23 Å². The first-order valence-corrected chi connectivity index (χ1v) is 11.2. The molecule has 2 heteroatoms. The Bertz CT molecular complexity index is 661. The Hall–Kier alpha value is -1.02. The zero-order chi connectivity index (χ0) is 21.9. The standard InChI is InChI=1S/C26H45BO/c1-13-18(3)15-19(4)23-16-20(5)24(21(6)17-23)27(12)28-26(10,11)25(8,9)22(7)14-2/h15-17,19,22H,13-14H2,1-12H3/b18-15-. The fourth-order valence-electron chi connectivity index (χ4n) is 4.31. The molecule has 0 aliphatic carbocycles. The predicted octanol–water partition coefficient (Wildman–Crippen LogP) is 7.46. The molecule has 0 radical (unpaired) electrons. The second-order valence-corrected chi connectivity index (χ2v) is 10.0. The quantitative estimate of drug-likeness (QED) is 0.317. The summed E-state index contributed by atoms with van der Waals surface area (Å²) in [7, 11) is 0. The average Bonchev–Trinajstić information content (AvgIpc) is 2.59. The van der Waals surface area contributed by atoms with Gasteiger partial charge in [-0.15, -0.1) is 0 Å². The van der Waals surface area contributed by atoms with E-state index in [9.17, 15) is 0 Å². The third-order valence-electron chi connectivity index (χ3n) is 7.51. The third kappa shape index (κ3) is 5.53. The summed E-state index contributed by atoms with van der Waals surface area (Å²) in [5.41, 5.74) is 6.79. The van der Waals surface area contributed by atoms with Crippen molar-refractivity contribution in [3.8, 4) is 0 Å². The zero-order valence-corrected chi connectivity index (χ0v) is 20.8. The molecule has 28 heavy (non-hydrogen) atoms. The molecule has 1 rings (SSSR count). The van der Waals surface area contributed by atoms with E-state index < -0.39 is 0 Å². The lowest BCUT2D eigenvalue weighted by atomic mass is 9.57. The Kier molecular flexibility index (Phi) is 8.63. The summed E-state index contributed by atoms with van der Waals surface area (Å²) in [6, 6.07) is 4.72. The van der Waals surface area contributed by atoms with Gasteiger partial charge in [0, 0.05) is 0 Å². The van der Waals surface area contributed by atoms with Crippen molar-refractivity contribution < 1.29 is 4.65 Å². The molecule has 1 nitrogen and oxygen atoms in total. The second kappa shape index (κ2) is 9.66. The Labute approximate surface area is 176 Å². The Morgan fingerprint density at radius 2 is 1.57 bits per heavy atom. The van der Waals surface area contributed by atoms with Gasteiger partial charge in [0.2, 0.25) is 0 Å². The van der Waals surface area contributed by atoms with Gasteiger partial charge < -0.3 is 4.65 Å². The summed E-state index contributed by atoms with van der Waals surface area (Å²) in [4.78, 5) is 0. The maximum absolute atomic E-state index is 6.74. The van der Waals surface area contributed by atoms with E-state index in [1.807, 2.05) is 0 Å². The first kappa shape index (κ1) is 25.0. The zero-order valence-electron chi connectivity index (χ0n) is 20.8. The third-order valence-corrected chi connectivity index (χ3v) is 7.51. The van der Waals surface area contributed by atoms with E-state index in [0.717, 1.165) is 6.42 Å². The van der Waals surface area contributed by atoms with Crippen LogP contribution < -0.4 is 5.46 Å². The monoisotopic (exact) mass is 384 g/mol. The summed E-state index contributed by atoms with van der Waals surface area (Å²) in [5, 5.41) is 0. The molecule has 2 atom stereocenters. The number of hydrogen-bond acceptors (Lipinski definition) is 1. The van der Waals surface area contributed by atoms with Crippen molar-refractivity contribution in [1.82, 2.24) is 0 Å². The lowest BCUT2D eigenvalue weighted by molar-refractivity contribution is -0.0451. The minimum absolute atomic E-state index is 0.0793. The summed E-state index contributed by atoms with van der Waals surface area (Å²) < 4.78 is 6.74. The van der Waals surface area contributed by atoms with Crippen LogP contribution in [-0.2, 0) is 4.65 Å². The first-order chi connectivity index (χ1) is 12.8. The van der Waals surface area contributed by atoms with Crippen LogP contribution in [0.2, 0.25) is 6.82 Å². The van der Waals surface area contributed by atoms with Crippen molar-refractivity contribution in [1.29, 1.82) is 0 Å². The molecule has 1 aromatic carbocycles. The maximum Gasteiger partial charge on any atom is 0.324 e. The molecule has 0 aliphatic rings. The van der Waals surface area contributed by atoms with E-state index >= 15 is 0 Å². The van der Waals surface area contributed by atoms with Gasteiger partial charge in [-0.1, -0.05) is 89.7 Å². The molecule has 0 heterocycles. The van der Waals surface area contributed by atoms with E-state index in [4.69, 9.17) is 4.65 Å². The van der Waals surface area contributed by atoms with Crippen molar-refractivity contribution >= 4 is 12.4 Å². The highest BCUT2D eigenvalue weighted by atomic mass is 16.5. The van der Waals surface area contributed by atoms with E-state index in [-0.39, 0.29) is 17.9 Å². The first-order valence-electron chi connectivity index (χ1n) is 11.2. The molecule has 0 aliphatic heterocycles. The van der Waals surface area contributed by atoms with Gasteiger partial charge in [-0.05, 0) is 69.3 Å². The van der Waals surface area contributed by atoms with E-state index in [2.05, 4.69) is 101 Å². The number of allylic oxidation sites excluding steroid dienone is 2. The van der Waals surface area contributed by atoms with Crippen LogP contribution in [0.1, 0.15) is 97.8 Å². The van der Waals surface area contributed by atoms with Gasteiger partial charge in [0.15, 0.2) is 0 Å². The fourth-order valence-corrected chi connectivity index (χ4v) is 4.31. The Morgan fingerprint density at radius 1 is 1.07 bits per heavy atom. The highest BCUT2D eigenvalue weighted by Gasteiger charge is 2.43. The number of rotatable bonds is 9. The molecule has 1 aromatic rings. The van der Waals surface area contributed by atoms with Gasteiger partial charge in [-0.2, -0.15) is 0 Å². The SMILES string of the molecule is CC/C(C)=C\C(C)c1cc(C)c(B(C)OC(C)(C)C(C)(C)C(C)CC)c(C)c1. The van der Waals surface area contributed by atoms with Crippen molar-refractivity contribution in [3.05, 3.63) is 40.5 Å². The molecule has 0 aromatic heterocycles. The molecular formula is C26H45BO. The molecule has 0 amide bonds. The van der Waals surface area contributed by atoms with Crippen LogP contribution in [0.4, 0.5) is 0 Å². The predicted molar refractivity (Wildman–Crippen MR) is 128 cm³/mol. The van der Waals surface area contributed by atoms with Crippen LogP contribution >= 0.6 is 0 Å². The molecule has 0 saturated heterocycles. The summed E-state index contributed by atoms with van der Waals surface area (Å²) in [6.45, 7) is 27.3. The number of benzene rings is 1. The van der Waals surface area contributed by atoms with Crippen molar-refractivity contribution in [3.63, 3.8) is 0 Å².